The van der Waals surface area contributed by atoms with Crippen LogP contribution < -0.4 is 10.6 Å². The smallest absolute Gasteiger partial charge is 0.255 e. The van der Waals surface area contributed by atoms with Crippen LogP contribution in [-0.4, -0.2) is 37.4 Å². The number of rotatable bonds is 2. The van der Waals surface area contributed by atoms with E-state index >= 15 is 0 Å². The van der Waals surface area contributed by atoms with Crippen molar-refractivity contribution < 1.29 is 13.2 Å². The molecule has 30 heavy (non-hydrogen) atoms. The van der Waals surface area contributed by atoms with E-state index in [1.54, 1.807) is 30.3 Å². The number of nitrogens with one attached hydrogen (secondary N) is 2. The van der Waals surface area contributed by atoms with E-state index in [9.17, 15) is 13.2 Å². The van der Waals surface area contributed by atoms with Gasteiger partial charge in [-0.2, -0.15) is 4.31 Å². The average Bonchev–Trinajstić information content (AvgIpc) is 2.74. The molecule has 1 fully saturated rings. The molecule has 0 saturated carbocycles. The third-order valence-corrected chi connectivity index (χ3v) is 8.02. The molecule has 0 bridgehead atoms. The molecule has 5 rings (SSSR count). The molecule has 0 atom stereocenters. The van der Waals surface area contributed by atoms with Crippen molar-refractivity contribution in [2.75, 3.05) is 18.4 Å². The first-order chi connectivity index (χ1) is 14.4. The van der Waals surface area contributed by atoms with Gasteiger partial charge in [-0.25, -0.2) is 8.42 Å². The Labute approximate surface area is 179 Å². The van der Waals surface area contributed by atoms with Gasteiger partial charge in [-0.05, 0) is 41.1 Å². The topological polar surface area (TPSA) is 78.5 Å². The monoisotopic (exact) mass is 441 g/mol. The summed E-state index contributed by atoms with van der Waals surface area (Å²) in [4.78, 5) is 12.9. The molecule has 1 saturated heterocycles. The zero-order valence-corrected chi connectivity index (χ0v) is 17.6. The molecule has 3 aromatic carbocycles. The number of hydrogen-bond donors (Lipinski definition) is 2. The lowest BCUT2D eigenvalue weighted by Crippen LogP contribution is -2.62. The first kappa shape index (κ1) is 19.4. The number of benzene rings is 3. The van der Waals surface area contributed by atoms with Gasteiger partial charge in [0.1, 0.15) is 5.66 Å². The lowest BCUT2D eigenvalue weighted by molar-refractivity contribution is 0.0865. The van der Waals surface area contributed by atoms with Crippen LogP contribution in [0.1, 0.15) is 23.2 Å². The summed E-state index contributed by atoms with van der Waals surface area (Å²) in [6.07, 6.45) is 0.932. The molecule has 1 amide bonds. The van der Waals surface area contributed by atoms with E-state index in [0.717, 1.165) is 10.8 Å². The maximum absolute atomic E-state index is 13.2. The van der Waals surface area contributed by atoms with Gasteiger partial charge in [0.15, 0.2) is 0 Å². The van der Waals surface area contributed by atoms with Gasteiger partial charge in [-0.3, -0.25) is 4.79 Å². The fourth-order valence-corrected chi connectivity index (χ4v) is 5.87. The van der Waals surface area contributed by atoms with Gasteiger partial charge in [0.2, 0.25) is 10.0 Å². The number of carbonyl (C=O) groups excluding carboxylic acids is 1. The molecule has 3 aromatic rings. The Kier molecular flexibility index (Phi) is 4.50. The third-order valence-electron chi connectivity index (χ3n) is 5.89. The van der Waals surface area contributed by atoms with E-state index in [0.29, 0.717) is 42.2 Å². The minimum absolute atomic E-state index is 0.197. The first-order valence-electron chi connectivity index (χ1n) is 9.76. The summed E-state index contributed by atoms with van der Waals surface area (Å²) in [5, 5.41) is 8.81. The van der Waals surface area contributed by atoms with Gasteiger partial charge in [-0.1, -0.05) is 41.9 Å². The molecule has 0 aliphatic carbocycles. The minimum Gasteiger partial charge on any atom is -0.362 e. The highest BCUT2D eigenvalue weighted by Crippen LogP contribution is 2.34. The maximum Gasteiger partial charge on any atom is 0.255 e. The predicted molar refractivity (Wildman–Crippen MR) is 117 cm³/mol. The van der Waals surface area contributed by atoms with Crippen LogP contribution in [0.4, 0.5) is 5.69 Å². The molecule has 0 unspecified atom stereocenters. The van der Waals surface area contributed by atoms with Gasteiger partial charge in [-0.15, -0.1) is 0 Å². The molecule has 6 nitrogen and oxygen atoms in total. The van der Waals surface area contributed by atoms with Crippen LogP contribution in [0.3, 0.4) is 0 Å². The van der Waals surface area contributed by atoms with Crippen LogP contribution in [-0.2, 0) is 10.0 Å². The summed E-state index contributed by atoms with van der Waals surface area (Å²) in [5.41, 5.74) is 0.557. The van der Waals surface area contributed by atoms with Crippen molar-refractivity contribution >= 4 is 44.0 Å². The molecule has 1 spiro atoms. The first-order valence-corrected chi connectivity index (χ1v) is 11.6. The number of amides is 1. The van der Waals surface area contributed by atoms with E-state index in [1.165, 1.54) is 4.31 Å². The van der Waals surface area contributed by atoms with Gasteiger partial charge >= 0.3 is 0 Å². The summed E-state index contributed by atoms with van der Waals surface area (Å²) < 4.78 is 27.9. The normalized spacial score (nSPS) is 18.6. The van der Waals surface area contributed by atoms with Gasteiger partial charge in [0.25, 0.3) is 5.91 Å². The van der Waals surface area contributed by atoms with Crippen molar-refractivity contribution in [2.24, 2.45) is 0 Å². The summed E-state index contributed by atoms with van der Waals surface area (Å²) in [5.74, 6) is -0.197. The fourth-order valence-electron chi connectivity index (χ4n) is 4.22. The van der Waals surface area contributed by atoms with Gasteiger partial charge < -0.3 is 10.6 Å². The molecule has 0 aromatic heterocycles. The van der Waals surface area contributed by atoms with E-state index in [4.69, 9.17) is 11.6 Å². The van der Waals surface area contributed by atoms with E-state index in [-0.39, 0.29) is 10.8 Å². The summed E-state index contributed by atoms with van der Waals surface area (Å²) >= 11 is 6.00. The van der Waals surface area contributed by atoms with E-state index in [2.05, 4.69) is 10.6 Å². The third kappa shape index (κ3) is 3.23. The molecule has 2 aliphatic rings. The number of hydrogen-bond acceptors (Lipinski definition) is 4. The molecule has 2 N–H and O–H groups in total. The van der Waals surface area contributed by atoms with E-state index in [1.807, 2.05) is 30.3 Å². The lowest BCUT2D eigenvalue weighted by Gasteiger charge is -2.45. The molecular formula is C22H20ClN3O3S. The molecule has 2 aliphatic heterocycles. The van der Waals surface area contributed by atoms with E-state index < -0.39 is 15.7 Å². The zero-order valence-electron chi connectivity index (χ0n) is 16.1. The Balaban J connectivity index is 1.37. The Bertz CT molecular complexity index is 1270. The van der Waals surface area contributed by atoms with Crippen molar-refractivity contribution in [3.8, 4) is 0 Å². The number of sulfonamides is 1. The molecule has 2 heterocycles. The average molecular weight is 442 g/mol. The highest BCUT2D eigenvalue weighted by Gasteiger charge is 2.42. The second kappa shape index (κ2) is 6.97. The number of piperidine rings is 1. The number of carbonyl (C=O) groups is 1. The largest absolute Gasteiger partial charge is 0.362 e. The molecule has 154 valence electrons. The highest BCUT2D eigenvalue weighted by atomic mass is 35.5. The number of halogens is 1. The van der Waals surface area contributed by atoms with Crippen molar-refractivity contribution in [3.63, 3.8) is 0 Å². The summed E-state index contributed by atoms with van der Waals surface area (Å²) in [7, 11) is -3.61. The number of fused-ring (bicyclic) bond motifs is 2. The Morgan fingerprint density at radius 3 is 2.40 bits per heavy atom. The second-order valence-electron chi connectivity index (χ2n) is 7.76. The standard InChI is InChI=1S/C22H20ClN3O3S/c23-17-6-8-20-19(14-17)21(27)25-22(24-20)9-11-26(12-10-22)30(28,29)18-7-5-15-3-1-2-4-16(15)13-18/h1-8,13-14,24H,9-12H2,(H,25,27). The predicted octanol–water partition coefficient (Wildman–Crippen LogP) is 3.83. The second-order valence-corrected chi connectivity index (χ2v) is 10.1. The number of anilines is 1. The van der Waals surface area contributed by atoms with Crippen molar-refractivity contribution in [2.45, 2.75) is 23.4 Å². The van der Waals surface area contributed by atoms with Crippen molar-refractivity contribution in [1.82, 2.24) is 9.62 Å². The van der Waals surface area contributed by atoms with Crippen LogP contribution in [0.25, 0.3) is 10.8 Å². The van der Waals surface area contributed by atoms with Crippen LogP contribution in [0, 0.1) is 0 Å². The quantitative estimate of drug-likeness (QED) is 0.633. The van der Waals surface area contributed by atoms with Crippen LogP contribution >= 0.6 is 11.6 Å². The summed E-state index contributed by atoms with van der Waals surface area (Å²) in [6, 6.07) is 18.0. The lowest BCUT2D eigenvalue weighted by atomic mass is 9.93. The van der Waals surface area contributed by atoms with Gasteiger partial charge in [0.05, 0.1) is 10.5 Å². The SMILES string of the molecule is O=C1NC2(CCN(S(=O)(=O)c3ccc4ccccc4c3)CC2)Nc2ccc(Cl)cc21. The van der Waals surface area contributed by atoms with Crippen LogP contribution in [0.15, 0.2) is 65.6 Å². The number of nitrogens with zero attached hydrogens (tertiary/aromatic N) is 1. The highest BCUT2D eigenvalue weighted by molar-refractivity contribution is 7.89. The summed E-state index contributed by atoms with van der Waals surface area (Å²) in [6.45, 7) is 0.622. The van der Waals surface area contributed by atoms with Crippen molar-refractivity contribution in [3.05, 3.63) is 71.2 Å². The Morgan fingerprint density at radius 1 is 0.900 bits per heavy atom. The molecule has 0 radical (unpaired) electrons. The fraction of sp³-hybridized carbons (Fsp3) is 0.227. The Morgan fingerprint density at radius 2 is 1.63 bits per heavy atom. The van der Waals surface area contributed by atoms with Crippen molar-refractivity contribution in [1.29, 1.82) is 0 Å². The van der Waals surface area contributed by atoms with Gasteiger partial charge in [0, 0.05) is 36.6 Å². The Hall–Kier alpha value is -2.61. The maximum atomic E-state index is 13.2. The zero-order chi connectivity index (χ0) is 20.9. The molecule has 8 heteroatoms. The van der Waals surface area contributed by atoms with Crippen LogP contribution in [0.5, 0.6) is 0 Å². The minimum atomic E-state index is -3.61. The molecular weight excluding hydrogens is 422 g/mol. The van der Waals surface area contributed by atoms with Crippen LogP contribution in [0.2, 0.25) is 5.02 Å².